The predicted octanol–water partition coefficient (Wildman–Crippen LogP) is 3.31. The van der Waals surface area contributed by atoms with E-state index >= 15 is 0 Å². The SMILES string of the molecule is CC(C)CC(NC1CCSc2ccccc21)C(=O)O. The summed E-state index contributed by atoms with van der Waals surface area (Å²) in [4.78, 5) is 12.6. The van der Waals surface area contributed by atoms with Crippen LogP contribution in [0.5, 0.6) is 0 Å². The van der Waals surface area contributed by atoms with E-state index < -0.39 is 12.0 Å². The van der Waals surface area contributed by atoms with Gasteiger partial charge in [-0.3, -0.25) is 10.1 Å². The van der Waals surface area contributed by atoms with Gasteiger partial charge in [-0.25, -0.2) is 0 Å². The van der Waals surface area contributed by atoms with Crippen LogP contribution in [-0.4, -0.2) is 22.9 Å². The lowest BCUT2D eigenvalue weighted by atomic mass is 9.99. The topological polar surface area (TPSA) is 49.3 Å². The normalized spacial score (nSPS) is 20.1. The number of aliphatic carboxylic acids is 1. The standard InChI is InChI=1S/C15H21NO2S/c1-10(2)9-13(15(17)18)16-12-7-8-19-14-6-4-3-5-11(12)14/h3-6,10,12-13,16H,7-9H2,1-2H3,(H,17,18). The van der Waals surface area contributed by atoms with Crippen LogP contribution >= 0.6 is 11.8 Å². The molecule has 104 valence electrons. The second kappa shape index (κ2) is 6.44. The third-order valence-corrected chi connectivity index (χ3v) is 4.49. The maximum atomic E-state index is 11.4. The summed E-state index contributed by atoms with van der Waals surface area (Å²) >= 11 is 1.85. The van der Waals surface area contributed by atoms with Crippen molar-refractivity contribution < 1.29 is 9.90 Å². The molecule has 1 aliphatic heterocycles. The first-order chi connectivity index (χ1) is 9.08. The van der Waals surface area contributed by atoms with E-state index in [2.05, 4.69) is 31.3 Å². The molecule has 1 aromatic carbocycles. The van der Waals surface area contributed by atoms with Gasteiger partial charge in [-0.2, -0.15) is 0 Å². The molecule has 19 heavy (non-hydrogen) atoms. The Morgan fingerprint density at radius 3 is 2.89 bits per heavy atom. The molecule has 0 amide bonds. The summed E-state index contributed by atoms with van der Waals surface area (Å²) in [5, 5.41) is 12.7. The third kappa shape index (κ3) is 3.74. The van der Waals surface area contributed by atoms with Crippen LogP contribution in [0, 0.1) is 5.92 Å². The molecule has 2 unspecified atom stereocenters. The summed E-state index contributed by atoms with van der Waals surface area (Å²) in [6, 6.07) is 7.99. The van der Waals surface area contributed by atoms with Crippen LogP contribution in [0.25, 0.3) is 0 Å². The predicted molar refractivity (Wildman–Crippen MR) is 78.5 cm³/mol. The molecule has 1 aromatic rings. The maximum absolute atomic E-state index is 11.4. The molecule has 0 aliphatic carbocycles. The first-order valence-corrected chi connectivity index (χ1v) is 7.77. The molecular formula is C15H21NO2S. The number of fused-ring (bicyclic) bond motifs is 1. The zero-order chi connectivity index (χ0) is 13.8. The van der Waals surface area contributed by atoms with Crippen LogP contribution in [0.4, 0.5) is 0 Å². The smallest absolute Gasteiger partial charge is 0.320 e. The van der Waals surface area contributed by atoms with E-state index in [-0.39, 0.29) is 6.04 Å². The fraction of sp³-hybridized carbons (Fsp3) is 0.533. The Labute approximate surface area is 118 Å². The minimum atomic E-state index is -0.746. The number of hydrogen-bond acceptors (Lipinski definition) is 3. The number of nitrogens with one attached hydrogen (secondary N) is 1. The summed E-state index contributed by atoms with van der Waals surface area (Å²) < 4.78 is 0. The highest BCUT2D eigenvalue weighted by atomic mass is 32.2. The average Bonchev–Trinajstić information content (AvgIpc) is 2.37. The molecule has 0 saturated heterocycles. The van der Waals surface area contributed by atoms with Crippen LogP contribution in [0.15, 0.2) is 29.2 Å². The highest BCUT2D eigenvalue weighted by molar-refractivity contribution is 7.99. The number of benzene rings is 1. The lowest BCUT2D eigenvalue weighted by Crippen LogP contribution is -2.41. The van der Waals surface area contributed by atoms with Crippen molar-refractivity contribution in [2.24, 2.45) is 5.92 Å². The van der Waals surface area contributed by atoms with E-state index in [1.54, 1.807) is 0 Å². The van der Waals surface area contributed by atoms with Crippen molar-refractivity contribution in [1.82, 2.24) is 5.32 Å². The summed E-state index contributed by atoms with van der Waals surface area (Å²) in [5.41, 5.74) is 1.24. The molecule has 3 nitrogen and oxygen atoms in total. The van der Waals surface area contributed by atoms with Crippen LogP contribution in [-0.2, 0) is 4.79 Å². The van der Waals surface area contributed by atoms with E-state index in [1.807, 2.05) is 23.9 Å². The van der Waals surface area contributed by atoms with Crippen molar-refractivity contribution in [2.45, 2.75) is 43.7 Å². The Morgan fingerprint density at radius 2 is 2.21 bits per heavy atom. The van der Waals surface area contributed by atoms with Gasteiger partial charge in [-0.15, -0.1) is 11.8 Å². The molecule has 0 spiro atoms. The summed E-state index contributed by atoms with van der Waals surface area (Å²) in [6.45, 7) is 4.12. The molecule has 1 aliphatic rings. The second-order valence-corrected chi connectivity index (χ2v) is 6.55. The van der Waals surface area contributed by atoms with Crippen LogP contribution in [0.2, 0.25) is 0 Å². The molecule has 2 rings (SSSR count). The molecule has 4 heteroatoms. The van der Waals surface area contributed by atoms with Gasteiger partial charge in [0.15, 0.2) is 0 Å². The molecule has 1 heterocycles. The molecule has 0 radical (unpaired) electrons. The molecule has 2 atom stereocenters. The summed E-state index contributed by atoms with van der Waals surface area (Å²) in [7, 11) is 0. The Balaban J connectivity index is 2.12. The van der Waals surface area contributed by atoms with Gasteiger partial charge in [0, 0.05) is 10.9 Å². The fourth-order valence-corrected chi connectivity index (χ4v) is 3.59. The van der Waals surface area contributed by atoms with Gasteiger partial charge in [0.25, 0.3) is 0 Å². The van der Waals surface area contributed by atoms with Crippen LogP contribution in [0.3, 0.4) is 0 Å². The highest BCUT2D eigenvalue weighted by Gasteiger charge is 2.26. The zero-order valence-corrected chi connectivity index (χ0v) is 12.2. The first kappa shape index (κ1) is 14.4. The summed E-state index contributed by atoms with van der Waals surface area (Å²) in [5.74, 6) is 0.675. The molecule has 0 aromatic heterocycles. The second-order valence-electron chi connectivity index (χ2n) is 5.41. The van der Waals surface area contributed by atoms with E-state index in [1.165, 1.54) is 10.5 Å². The number of carboxylic acids is 1. The van der Waals surface area contributed by atoms with Crippen molar-refractivity contribution in [3.8, 4) is 0 Å². The number of thioether (sulfide) groups is 1. The van der Waals surface area contributed by atoms with Gasteiger partial charge in [-0.05, 0) is 36.1 Å². The van der Waals surface area contributed by atoms with E-state index in [9.17, 15) is 9.90 Å². The van der Waals surface area contributed by atoms with Gasteiger partial charge in [0.05, 0.1) is 0 Å². The average molecular weight is 279 g/mol. The summed E-state index contributed by atoms with van der Waals surface area (Å²) in [6.07, 6.45) is 1.66. The van der Waals surface area contributed by atoms with Gasteiger partial charge < -0.3 is 5.11 Å². The molecule has 0 saturated carbocycles. The molecule has 0 bridgehead atoms. The number of carboxylic acid groups (broad SMARTS) is 1. The van der Waals surface area contributed by atoms with Crippen LogP contribution in [0.1, 0.15) is 38.3 Å². The van der Waals surface area contributed by atoms with Crippen molar-refractivity contribution in [3.05, 3.63) is 29.8 Å². The maximum Gasteiger partial charge on any atom is 0.320 e. The fourth-order valence-electron chi connectivity index (χ4n) is 2.47. The minimum Gasteiger partial charge on any atom is -0.480 e. The zero-order valence-electron chi connectivity index (χ0n) is 11.4. The lowest BCUT2D eigenvalue weighted by molar-refractivity contribution is -0.140. The third-order valence-electron chi connectivity index (χ3n) is 3.37. The van der Waals surface area contributed by atoms with Crippen molar-refractivity contribution >= 4 is 17.7 Å². The van der Waals surface area contributed by atoms with Gasteiger partial charge in [0.1, 0.15) is 6.04 Å². The Morgan fingerprint density at radius 1 is 1.47 bits per heavy atom. The first-order valence-electron chi connectivity index (χ1n) is 6.78. The van der Waals surface area contributed by atoms with E-state index in [0.29, 0.717) is 12.3 Å². The Kier molecular flexibility index (Phi) is 4.88. The van der Waals surface area contributed by atoms with Crippen LogP contribution < -0.4 is 5.32 Å². The minimum absolute atomic E-state index is 0.164. The van der Waals surface area contributed by atoms with E-state index in [4.69, 9.17) is 0 Å². The van der Waals surface area contributed by atoms with Crippen molar-refractivity contribution in [1.29, 1.82) is 0 Å². The van der Waals surface area contributed by atoms with E-state index in [0.717, 1.165) is 12.2 Å². The van der Waals surface area contributed by atoms with Gasteiger partial charge >= 0.3 is 5.97 Å². The Bertz CT molecular complexity index is 448. The quantitative estimate of drug-likeness (QED) is 0.868. The molecule has 2 N–H and O–H groups in total. The highest BCUT2D eigenvalue weighted by Crippen LogP contribution is 2.36. The van der Waals surface area contributed by atoms with Crippen molar-refractivity contribution in [2.75, 3.05) is 5.75 Å². The number of rotatable bonds is 5. The van der Waals surface area contributed by atoms with Crippen molar-refractivity contribution in [3.63, 3.8) is 0 Å². The lowest BCUT2D eigenvalue weighted by Gasteiger charge is -2.29. The number of carbonyl (C=O) groups is 1. The Hall–Kier alpha value is -1.00. The number of hydrogen-bond donors (Lipinski definition) is 2. The largest absolute Gasteiger partial charge is 0.480 e. The van der Waals surface area contributed by atoms with Gasteiger partial charge in [-0.1, -0.05) is 32.0 Å². The van der Waals surface area contributed by atoms with Gasteiger partial charge in [0.2, 0.25) is 0 Å². The monoisotopic (exact) mass is 279 g/mol. The molecular weight excluding hydrogens is 258 g/mol. The molecule has 0 fully saturated rings.